The summed E-state index contributed by atoms with van der Waals surface area (Å²) >= 11 is 0. The maximum atomic E-state index is 13.6. The molecule has 49 heavy (non-hydrogen) atoms. The first-order chi connectivity index (χ1) is 23.7. The number of pyridine rings is 1. The normalized spacial score (nSPS) is 16.2. The Labute approximate surface area is 284 Å². The minimum atomic E-state index is -0.856. The van der Waals surface area contributed by atoms with Crippen LogP contribution in [0, 0.1) is 0 Å². The third-order valence-electron chi connectivity index (χ3n) is 8.36. The Hall–Kier alpha value is -5.52. The van der Waals surface area contributed by atoms with Crippen LogP contribution in [-0.2, 0) is 20.7 Å². The van der Waals surface area contributed by atoms with Crippen molar-refractivity contribution in [3.63, 3.8) is 0 Å². The fourth-order valence-corrected chi connectivity index (χ4v) is 5.78. The van der Waals surface area contributed by atoms with Crippen LogP contribution >= 0.6 is 0 Å². The molecule has 2 aromatic carbocycles. The number of hydrogen-bond acceptors (Lipinski definition) is 11. The SMILES string of the molecule is COc1ccc(C(CC(=O)NCCc2nc(-c3cccnc3)no2)c2c(O)cc3c(c2O)C(=O)OC(C)CCCC(=O)CCCC=C3)cc1. The number of hydrogen-bond donors (Lipinski definition) is 3. The Morgan fingerprint density at radius 2 is 1.92 bits per heavy atom. The number of cyclic esters (lactones) is 1. The van der Waals surface area contributed by atoms with E-state index in [9.17, 15) is 24.6 Å². The molecular weight excluding hydrogens is 628 g/mol. The fraction of sp³-hybridized carbons (Fsp3) is 0.351. The molecule has 0 radical (unpaired) electrons. The minimum absolute atomic E-state index is 0.0156. The van der Waals surface area contributed by atoms with Crippen LogP contribution in [0.15, 0.2) is 65.5 Å². The number of esters is 1. The summed E-state index contributed by atoms with van der Waals surface area (Å²) < 4.78 is 16.3. The summed E-state index contributed by atoms with van der Waals surface area (Å²) in [7, 11) is 1.53. The molecule has 0 saturated heterocycles. The van der Waals surface area contributed by atoms with Crippen LogP contribution < -0.4 is 10.1 Å². The number of Topliss-reactive ketones (excluding diaryl/α,β-unsaturated/α-hetero) is 1. The van der Waals surface area contributed by atoms with Crippen LogP contribution in [0.2, 0.25) is 0 Å². The van der Waals surface area contributed by atoms with Gasteiger partial charge in [0, 0.05) is 61.7 Å². The first-order valence-corrected chi connectivity index (χ1v) is 16.3. The van der Waals surface area contributed by atoms with Crippen LogP contribution in [-0.4, -0.2) is 62.8 Å². The molecule has 2 unspecified atom stereocenters. The number of carbonyl (C=O) groups excluding carboxylic acids is 3. The van der Waals surface area contributed by atoms with E-state index in [1.165, 1.54) is 13.2 Å². The van der Waals surface area contributed by atoms with E-state index < -0.39 is 23.7 Å². The Morgan fingerprint density at radius 3 is 2.67 bits per heavy atom. The summed E-state index contributed by atoms with van der Waals surface area (Å²) in [6.45, 7) is 1.92. The number of ether oxygens (including phenoxy) is 2. The Morgan fingerprint density at radius 1 is 1.12 bits per heavy atom. The second-order valence-electron chi connectivity index (χ2n) is 11.9. The molecule has 0 saturated carbocycles. The number of carbonyl (C=O) groups is 3. The van der Waals surface area contributed by atoms with Gasteiger partial charge in [0.25, 0.3) is 0 Å². The predicted molar refractivity (Wildman–Crippen MR) is 180 cm³/mol. The van der Waals surface area contributed by atoms with Crippen LogP contribution in [0.5, 0.6) is 17.2 Å². The highest BCUT2D eigenvalue weighted by Crippen LogP contribution is 2.44. The average Bonchev–Trinajstić information content (AvgIpc) is 3.56. The molecule has 3 heterocycles. The van der Waals surface area contributed by atoms with Gasteiger partial charge in [-0.3, -0.25) is 14.6 Å². The van der Waals surface area contributed by atoms with Crippen LogP contribution in [0.1, 0.15) is 90.7 Å². The molecule has 12 heteroatoms. The van der Waals surface area contributed by atoms with E-state index in [2.05, 4.69) is 20.4 Å². The standard InChI is InChI=1S/C37H40N4O8/c1-23-8-6-12-27(42)11-5-3-4-9-25-20-30(43)34(35(45)33(25)37(46)48-23)29(24-13-15-28(47-2)16-14-24)21-31(44)39-19-17-32-40-36(41-49-32)26-10-7-18-38-22-26/h4,7,9-10,13-16,18,20,22-23,29,43,45H,3,5-6,8,11-12,17,19,21H2,1-2H3,(H,39,44). The molecule has 256 valence electrons. The molecule has 5 rings (SSSR count). The van der Waals surface area contributed by atoms with Gasteiger partial charge in [-0.2, -0.15) is 4.98 Å². The third-order valence-corrected chi connectivity index (χ3v) is 8.36. The van der Waals surface area contributed by atoms with Crippen molar-refractivity contribution in [2.24, 2.45) is 0 Å². The molecule has 0 aliphatic carbocycles. The summed E-state index contributed by atoms with van der Waals surface area (Å²) in [5.41, 5.74) is 1.48. The zero-order chi connectivity index (χ0) is 34.8. The lowest BCUT2D eigenvalue weighted by Crippen LogP contribution is -2.27. The first kappa shape index (κ1) is 34.8. The minimum Gasteiger partial charge on any atom is -0.507 e. The van der Waals surface area contributed by atoms with Gasteiger partial charge in [-0.25, -0.2) is 4.79 Å². The van der Waals surface area contributed by atoms with E-state index in [0.29, 0.717) is 67.1 Å². The maximum absolute atomic E-state index is 13.6. The third kappa shape index (κ3) is 9.10. The van der Waals surface area contributed by atoms with Gasteiger partial charge in [-0.05, 0) is 74.1 Å². The number of aromatic hydroxyl groups is 2. The van der Waals surface area contributed by atoms with Gasteiger partial charge in [0.1, 0.15) is 28.6 Å². The summed E-state index contributed by atoms with van der Waals surface area (Å²) in [4.78, 5) is 47.6. The van der Waals surface area contributed by atoms with Gasteiger partial charge in [-0.15, -0.1) is 0 Å². The average molecular weight is 669 g/mol. The van der Waals surface area contributed by atoms with Gasteiger partial charge >= 0.3 is 5.97 Å². The Kier molecular flexibility index (Phi) is 11.7. The number of amides is 1. The van der Waals surface area contributed by atoms with Crippen molar-refractivity contribution < 1.29 is 38.6 Å². The highest BCUT2D eigenvalue weighted by molar-refractivity contribution is 5.98. The molecule has 0 bridgehead atoms. The van der Waals surface area contributed by atoms with E-state index >= 15 is 0 Å². The molecular formula is C37H40N4O8. The number of aromatic nitrogens is 3. The predicted octanol–water partition coefficient (Wildman–Crippen LogP) is 5.91. The maximum Gasteiger partial charge on any atom is 0.342 e. The molecule has 1 aliphatic heterocycles. The lowest BCUT2D eigenvalue weighted by Gasteiger charge is -2.23. The Bertz CT molecular complexity index is 1790. The molecule has 1 amide bonds. The van der Waals surface area contributed by atoms with Gasteiger partial charge in [0.2, 0.25) is 17.6 Å². The molecule has 1 aliphatic rings. The van der Waals surface area contributed by atoms with Gasteiger partial charge in [-0.1, -0.05) is 29.4 Å². The van der Waals surface area contributed by atoms with Gasteiger partial charge in [0.05, 0.1) is 13.2 Å². The topological polar surface area (TPSA) is 174 Å². The highest BCUT2D eigenvalue weighted by Gasteiger charge is 2.31. The zero-order valence-electron chi connectivity index (χ0n) is 27.6. The molecule has 2 atom stereocenters. The number of allylic oxidation sites excluding steroid dienone is 1. The second kappa shape index (κ2) is 16.5. The molecule has 3 N–H and O–H groups in total. The van der Waals surface area contributed by atoms with E-state index in [4.69, 9.17) is 14.0 Å². The number of nitrogens with zero attached hydrogens (tertiary/aromatic N) is 3. The number of benzene rings is 2. The molecule has 4 aromatic rings. The highest BCUT2D eigenvalue weighted by atomic mass is 16.5. The summed E-state index contributed by atoms with van der Waals surface area (Å²) in [5, 5.41) is 30.0. The summed E-state index contributed by atoms with van der Waals surface area (Å²) in [5.74, 6) is -1.29. The van der Waals surface area contributed by atoms with Crippen molar-refractivity contribution in [1.82, 2.24) is 20.4 Å². The van der Waals surface area contributed by atoms with Crippen LogP contribution in [0.25, 0.3) is 17.5 Å². The monoisotopic (exact) mass is 668 g/mol. The summed E-state index contributed by atoms with van der Waals surface area (Å²) in [6.07, 6.45) is 9.43. The van der Waals surface area contributed by atoms with Crippen molar-refractivity contribution in [3.8, 4) is 28.6 Å². The van der Waals surface area contributed by atoms with Crippen molar-refractivity contribution in [3.05, 3.63) is 89.1 Å². The number of phenolic OH excluding ortho intramolecular Hbond substituents is 2. The zero-order valence-corrected chi connectivity index (χ0v) is 27.6. The second-order valence-corrected chi connectivity index (χ2v) is 11.9. The molecule has 12 nitrogen and oxygen atoms in total. The number of rotatable bonds is 9. The van der Waals surface area contributed by atoms with E-state index in [1.807, 2.05) is 6.07 Å². The fourth-order valence-electron chi connectivity index (χ4n) is 5.78. The smallest absolute Gasteiger partial charge is 0.342 e. The number of fused-ring (bicyclic) bond motifs is 1. The van der Waals surface area contributed by atoms with Crippen LogP contribution in [0.4, 0.5) is 0 Å². The van der Waals surface area contributed by atoms with E-state index in [-0.39, 0.29) is 53.5 Å². The first-order valence-electron chi connectivity index (χ1n) is 16.3. The molecule has 0 spiro atoms. The number of nitrogens with one attached hydrogen (secondary N) is 1. The van der Waals surface area contributed by atoms with E-state index in [1.54, 1.807) is 61.8 Å². The number of phenols is 2. The quantitative estimate of drug-likeness (QED) is 0.181. The largest absolute Gasteiger partial charge is 0.507 e. The van der Waals surface area contributed by atoms with Crippen molar-refractivity contribution in [1.29, 1.82) is 0 Å². The summed E-state index contributed by atoms with van der Waals surface area (Å²) in [6, 6.07) is 11.9. The van der Waals surface area contributed by atoms with Crippen molar-refractivity contribution >= 4 is 23.7 Å². The number of methoxy groups -OCH3 is 1. The lowest BCUT2D eigenvalue weighted by atomic mass is 9.84. The molecule has 2 aromatic heterocycles. The van der Waals surface area contributed by atoms with Gasteiger partial charge in [0.15, 0.2) is 0 Å². The van der Waals surface area contributed by atoms with E-state index in [0.717, 1.165) is 0 Å². The molecule has 0 fully saturated rings. The van der Waals surface area contributed by atoms with Crippen molar-refractivity contribution in [2.45, 2.75) is 70.3 Å². The van der Waals surface area contributed by atoms with Gasteiger partial charge < -0.3 is 29.5 Å². The Balaban J connectivity index is 1.42. The lowest BCUT2D eigenvalue weighted by molar-refractivity contribution is -0.121. The number of ketones is 1. The van der Waals surface area contributed by atoms with Crippen molar-refractivity contribution in [2.75, 3.05) is 13.7 Å². The van der Waals surface area contributed by atoms with Crippen LogP contribution in [0.3, 0.4) is 0 Å².